The number of amides is 1. The molecular formula is C16H19N3O6. The largest absolute Gasteiger partial charge is 0.466 e. The predicted molar refractivity (Wildman–Crippen MR) is 89.7 cm³/mol. The normalized spacial score (nSPS) is 16.6. The first kappa shape index (κ1) is 18.4. The van der Waals surface area contributed by atoms with E-state index in [0.717, 1.165) is 0 Å². The zero-order valence-electron chi connectivity index (χ0n) is 13.7. The van der Waals surface area contributed by atoms with Gasteiger partial charge in [0.05, 0.1) is 12.0 Å². The number of nitrogens with zero attached hydrogens (tertiary/aromatic N) is 2. The number of anilines is 1. The van der Waals surface area contributed by atoms with Crippen LogP contribution in [0, 0.1) is 10.1 Å². The van der Waals surface area contributed by atoms with E-state index < -0.39 is 22.4 Å². The van der Waals surface area contributed by atoms with Gasteiger partial charge in [-0.1, -0.05) is 6.07 Å². The van der Waals surface area contributed by atoms with Crippen LogP contribution in [0.4, 0.5) is 11.4 Å². The SMILES string of the molecule is COC(=O)C=Cc1ccc(N2CCC(O)(C(N)=O)CC2)c([N+](=O)[O-])c1. The van der Waals surface area contributed by atoms with Gasteiger partial charge in [0.1, 0.15) is 11.3 Å². The number of ether oxygens (including phenoxy) is 1. The van der Waals surface area contributed by atoms with Crippen molar-refractivity contribution in [3.63, 3.8) is 0 Å². The molecule has 0 aliphatic carbocycles. The number of carbonyl (C=O) groups excluding carboxylic acids is 2. The molecule has 1 saturated heterocycles. The van der Waals surface area contributed by atoms with Crippen LogP contribution in [0.15, 0.2) is 24.3 Å². The molecule has 3 N–H and O–H groups in total. The van der Waals surface area contributed by atoms with Gasteiger partial charge in [0.2, 0.25) is 5.91 Å². The van der Waals surface area contributed by atoms with Crippen molar-refractivity contribution in [1.82, 2.24) is 0 Å². The Balaban J connectivity index is 2.24. The third-order valence-corrected chi connectivity index (χ3v) is 4.20. The maximum absolute atomic E-state index is 11.4. The van der Waals surface area contributed by atoms with E-state index in [0.29, 0.717) is 11.3 Å². The lowest BCUT2D eigenvalue weighted by molar-refractivity contribution is -0.384. The maximum Gasteiger partial charge on any atom is 0.330 e. The molecule has 0 atom stereocenters. The topological polar surface area (TPSA) is 136 Å². The van der Waals surface area contributed by atoms with Gasteiger partial charge in [-0.15, -0.1) is 0 Å². The van der Waals surface area contributed by atoms with Crippen molar-refractivity contribution in [2.24, 2.45) is 5.73 Å². The van der Waals surface area contributed by atoms with Gasteiger partial charge in [-0.25, -0.2) is 4.79 Å². The van der Waals surface area contributed by atoms with Gasteiger partial charge in [0.25, 0.3) is 5.69 Å². The molecule has 1 aliphatic heterocycles. The van der Waals surface area contributed by atoms with E-state index in [1.807, 2.05) is 0 Å². The molecule has 1 amide bonds. The van der Waals surface area contributed by atoms with Crippen molar-refractivity contribution in [1.29, 1.82) is 0 Å². The molecule has 1 fully saturated rings. The number of piperidine rings is 1. The Morgan fingerprint density at radius 1 is 1.40 bits per heavy atom. The van der Waals surface area contributed by atoms with Gasteiger partial charge in [0.15, 0.2) is 0 Å². The number of aliphatic hydroxyl groups is 1. The number of esters is 1. The highest BCUT2D eigenvalue weighted by Gasteiger charge is 2.38. The number of hydrogen-bond acceptors (Lipinski definition) is 7. The van der Waals surface area contributed by atoms with Gasteiger partial charge >= 0.3 is 5.97 Å². The Kier molecular flexibility index (Phi) is 5.38. The van der Waals surface area contributed by atoms with Crippen LogP contribution in [-0.2, 0) is 14.3 Å². The molecule has 0 radical (unpaired) electrons. The molecule has 0 bridgehead atoms. The van der Waals surface area contributed by atoms with E-state index in [1.165, 1.54) is 25.3 Å². The van der Waals surface area contributed by atoms with Crippen LogP contribution in [0.5, 0.6) is 0 Å². The molecule has 134 valence electrons. The molecule has 9 heteroatoms. The first-order valence-electron chi connectivity index (χ1n) is 7.58. The predicted octanol–water partition coefficient (Wildman–Crippen LogP) is 0.598. The van der Waals surface area contributed by atoms with Gasteiger partial charge in [-0.05, 0) is 17.7 Å². The molecule has 25 heavy (non-hydrogen) atoms. The van der Waals surface area contributed by atoms with Crippen LogP contribution in [-0.4, -0.2) is 47.7 Å². The summed E-state index contributed by atoms with van der Waals surface area (Å²) in [5.74, 6) is -1.35. The van der Waals surface area contributed by atoms with Crippen LogP contribution in [0.1, 0.15) is 18.4 Å². The lowest BCUT2D eigenvalue weighted by atomic mass is 9.90. The molecule has 0 spiro atoms. The van der Waals surface area contributed by atoms with E-state index in [2.05, 4.69) is 4.74 Å². The third-order valence-electron chi connectivity index (χ3n) is 4.20. The van der Waals surface area contributed by atoms with E-state index in [1.54, 1.807) is 17.0 Å². The van der Waals surface area contributed by atoms with Crippen molar-refractivity contribution < 1.29 is 24.4 Å². The van der Waals surface area contributed by atoms with Crippen molar-refractivity contribution in [2.45, 2.75) is 18.4 Å². The first-order valence-corrected chi connectivity index (χ1v) is 7.58. The molecular weight excluding hydrogens is 330 g/mol. The average Bonchev–Trinajstić information content (AvgIpc) is 2.60. The van der Waals surface area contributed by atoms with E-state index in [4.69, 9.17) is 5.73 Å². The molecule has 1 heterocycles. The number of carbonyl (C=O) groups is 2. The smallest absolute Gasteiger partial charge is 0.330 e. The highest BCUT2D eigenvalue weighted by molar-refractivity contribution is 5.87. The van der Waals surface area contributed by atoms with Crippen molar-refractivity contribution in [3.8, 4) is 0 Å². The summed E-state index contributed by atoms with van der Waals surface area (Å²) in [6.07, 6.45) is 2.80. The van der Waals surface area contributed by atoms with E-state index >= 15 is 0 Å². The summed E-state index contributed by atoms with van der Waals surface area (Å²) in [5, 5.41) is 21.5. The van der Waals surface area contributed by atoms with Gasteiger partial charge in [-0.3, -0.25) is 14.9 Å². The van der Waals surface area contributed by atoms with Crippen LogP contribution < -0.4 is 10.6 Å². The summed E-state index contributed by atoms with van der Waals surface area (Å²) in [6.45, 7) is 0.523. The highest BCUT2D eigenvalue weighted by Crippen LogP contribution is 2.33. The summed E-state index contributed by atoms with van der Waals surface area (Å²) < 4.78 is 4.48. The lowest BCUT2D eigenvalue weighted by Gasteiger charge is -2.37. The second kappa shape index (κ2) is 7.31. The van der Waals surface area contributed by atoms with Crippen LogP contribution in [0.25, 0.3) is 6.08 Å². The minimum Gasteiger partial charge on any atom is -0.466 e. The zero-order chi connectivity index (χ0) is 18.6. The monoisotopic (exact) mass is 349 g/mol. The number of nitrogens with two attached hydrogens (primary N) is 1. The van der Waals surface area contributed by atoms with Gasteiger partial charge in [0, 0.05) is 38.1 Å². The summed E-state index contributed by atoms with van der Waals surface area (Å²) in [5.41, 5.74) is 4.35. The number of benzene rings is 1. The van der Waals surface area contributed by atoms with Crippen LogP contribution in [0.2, 0.25) is 0 Å². The first-order chi connectivity index (χ1) is 11.8. The zero-order valence-corrected chi connectivity index (χ0v) is 13.7. The standard InChI is InChI=1S/C16H19N3O6/c1-25-14(20)5-3-11-2-4-12(13(10-11)19(23)24)18-8-6-16(22,7-9-18)15(17)21/h2-5,10,22H,6-9H2,1H3,(H2,17,21). The summed E-state index contributed by atoms with van der Waals surface area (Å²) in [7, 11) is 1.24. The Morgan fingerprint density at radius 2 is 2.04 bits per heavy atom. The Bertz CT molecular complexity index is 723. The molecule has 1 aromatic rings. The van der Waals surface area contributed by atoms with Crippen molar-refractivity contribution >= 4 is 29.3 Å². The van der Waals surface area contributed by atoms with Crippen molar-refractivity contribution in [2.75, 3.05) is 25.1 Å². The molecule has 9 nitrogen and oxygen atoms in total. The highest BCUT2D eigenvalue weighted by atomic mass is 16.6. The Hall–Kier alpha value is -2.94. The quantitative estimate of drug-likeness (QED) is 0.344. The summed E-state index contributed by atoms with van der Waals surface area (Å²) in [6, 6.07) is 4.56. The third kappa shape index (κ3) is 4.13. The minimum atomic E-state index is -1.57. The second-order valence-electron chi connectivity index (χ2n) is 5.74. The summed E-state index contributed by atoms with van der Waals surface area (Å²) >= 11 is 0. The number of methoxy groups -OCH3 is 1. The van der Waals surface area contributed by atoms with Gasteiger partial charge < -0.3 is 20.5 Å². The second-order valence-corrected chi connectivity index (χ2v) is 5.74. The Morgan fingerprint density at radius 3 is 2.56 bits per heavy atom. The molecule has 1 aromatic carbocycles. The molecule has 0 aromatic heterocycles. The molecule has 0 unspecified atom stereocenters. The number of hydrogen-bond donors (Lipinski definition) is 2. The fourth-order valence-electron chi connectivity index (χ4n) is 2.65. The number of rotatable bonds is 5. The molecule has 0 saturated carbocycles. The number of nitro groups is 1. The molecule has 1 aliphatic rings. The van der Waals surface area contributed by atoms with E-state index in [9.17, 15) is 24.8 Å². The van der Waals surface area contributed by atoms with Crippen LogP contribution in [0.3, 0.4) is 0 Å². The Labute approximate surface area is 143 Å². The fourth-order valence-corrected chi connectivity index (χ4v) is 2.65. The maximum atomic E-state index is 11.4. The minimum absolute atomic E-state index is 0.101. The van der Waals surface area contributed by atoms with Gasteiger partial charge in [-0.2, -0.15) is 0 Å². The summed E-state index contributed by atoms with van der Waals surface area (Å²) in [4.78, 5) is 35.0. The molecule has 2 rings (SSSR count). The van der Waals surface area contributed by atoms with E-state index in [-0.39, 0.29) is 31.6 Å². The van der Waals surface area contributed by atoms with Crippen LogP contribution >= 0.6 is 0 Å². The number of nitro benzene ring substituents is 1. The average molecular weight is 349 g/mol. The van der Waals surface area contributed by atoms with Crippen molar-refractivity contribution in [3.05, 3.63) is 40.0 Å². The number of primary amides is 1. The fraction of sp³-hybridized carbons (Fsp3) is 0.375. The lowest BCUT2D eigenvalue weighted by Crippen LogP contribution is -2.52.